The van der Waals surface area contributed by atoms with Crippen LogP contribution < -0.4 is 0 Å². The largest absolute Gasteiger partial charge is 0.459 e. The van der Waals surface area contributed by atoms with Crippen molar-refractivity contribution in [3.05, 3.63) is 23.8 Å². The first-order chi connectivity index (χ1) is 24.2. The zero-order valence-electron chi connectivity index (χ0n) is 31.5. The number of rotatable bonds is 11. The molecule has 0 aromatic heterocycles. The lowest BCUT2D eigenvalue weighted by Crippen LogP contribution is -2.76. The number of methoxy groups -OCH3 is 1. The SMILES string of the molecule is COCC1=CC2OC(=O)C(C)C2(O)C(OC(C)=O)C2C3(CO3)C(OC(=O)CC(C)C)C(OC(C)=O)C(OC(=O)CC(C)C)C2(C)C(OC(C)=O)C=C1. The molecule has 2 saturated heterocycles. The third kappa shape index (κ3) is 7.91. The molecule has 3 fully saturated rings. The number of aliphatic hydroxyl groups is 1. The van der Waals surface area contributed by atoms with E-state index in [9.17, 15) is 33.9 Å². The Balaban J connectivity index is 2.16. The number of carbonyl (C=O) groups excluding carboxylic acids is 6. The average molecular weight is 737 g/mol. The maximum Gasteiger partial charge on any atom is 0.312 e. The van der Waals surface area contributed by atoms with E-state index in [1.165, 1.54) is 33.1 Å². The number of hydrogen-bond donors (Lipinski definition) is 1. The van der Waals surface area contributed by atoms with E-state index in [0.29, 0.717) is 5.57 Å². The van der Waals surface area contributed by atoms with Gasteiger partial charge in [-0.25, -0.2) is 0 Å². The number of fused-ring (bicyclic) bond motifs is 3. The summed E-state index contributed by atoms with van der Waals surface area (Å²) in [5, 5.41) is 12.9. The molecule has 4 aliphatic rings. The predicted molar refractivity (Wildman–Crippen MR) is 179 cm³/mol. The van der Waals surface area contributed by atoms with Gasteiger partial charge in [0.15, 0.2) is 30.0 Å². The second kappa shape index (κ2) is 15.7. The Labute approximate surface area is 303 Å². The first-order valence-electron chi connectivity index (χ1n) is 17.6. The molecule has 0 amide bonds. The summed E-state index contributed by atoms with van der Waals surface area (Å²) in [7, 11) is 1.43. The molecule has 1 N–H and O–H groups in total. The fraction of sp³-hybridized carbons (Fsp3) is 0.730. The third-order valence-corrected chi connectivity index (χ3v) is 10.2. The summed E-state index contributed by atoms with van der Waals surface area (Å²) in [5.74, 6) is -7.74. The predicted octanol–water partition coefficient (Wildman–Crippen LogP) is 2.54. The van der Waals surface area contributed by atoms with Crippen molar-refractivity contribution < 1.29 is 71.8 Å². The molecule has 11 atom stereocenters. The summed E-state index contributed by atoms with van der Waals surface area (Å²) in [6.45, 7) is 13.3. The van der Waals surface area contributed by atoms with Gasteiger partial charge in [-0.05, 0) is 36.5 Å². The Morgan fingerprint density at radius 3 is 1.88 bits per heavy atom. The van der Waals surface area contributed by atoms with Crippen LogP contribution in [0.3, 0.4) is 0 Å². The Hall–Kier alpha value is -3.82. The fourth-order valence-corrected chi connectivity index (χ4v) is 7.96. The summed E-state index contributed by atoms with van der Waals surface area (Å²) < 4.78 is 47.7. The minimum atomic E-state index is -2.34. The molecule has 15 heteroatoms. The highest BCUT2D eigenvalue weighted by Crippen LogP contribution is 2.63. The van der Waals surface area contributed by atoms with Crippen molar-refractivity contribution >= 4 is 35.8 Å². The van der Waals surface area contributed by atoms with Gasteiger partial charge in [0.05, 0.1) is 24.5 Å². The first-order valence-corrected chi connectivity index (χ1v) is 17.6. The van der Waals surface area contributed by atoms with Gasteiger partial charge in [0.25, 0.3) is 0 Å². The van der Waals surface area contributed by atoms with E-state index >= 15 is 0 Å². The van der Waals surface area contributed by atoms with Crippen molar-refractivity contribution in [2.24, 2.45) is 29.1 Å². The molecule has 0 aromatic rings. The third-order valence-electron chi connectivity index (χ3n) is 10.2. The van der Waals surface area contributed by atoms with Crippen LogP contribution in [0.4, 0.5) is 0 Å². The van der Waals surface area contributed by atoms with E-state index in [0.717, 1.165) is 13.8 Å². The lowest BCUT2D eigenvalue weighted by molar-refractivity contribution is -0.280. The van der Waals surface area contributed by atoms with Gasteiger partial charge in [-0.1, -0.05) is 40.7 Å². The van der Waals surface area contributed by atoms with Crippen LogP contribution in [0.2, 0.25) is 0 Å². The van der Waals surface area contributed by atoms with Crippen LogP contribution in [0.1, 0.15) is 75.2 Å². The molecule has 0 radical (unpaired) electrons. The van der Waals surface area contributed by atoms with Gasteiger partial charge in [0, 0.05) is 46.6 Å². The van der Waals surface area contributed by atoms with Crippen molar-refractivity contribution in [3.8, 4) is 0 Å². The van der Waals surface area contributed by atoms with E-state index in [2.05, 4.69) is 0 Å². The second-order valence-corrected chi connectivity index (χ2v) is 15.2. The molecule has 0 bridgehead atoms. The Morgan fingerprint density at radius 1 is 0.865 bits per heavy atom. The topological polar surface area (TPSA) is 200 Å². The molecule has 11 unspecified atom stereocenters. The molecule has 2 aliphatic carbocycles. The van der Waals surface area contributed by atoms with E-state index in [-0.39, 0.29) is 37.9 Å². The maximum atomic E-state index is 13.7. The molecule has 2 aliphatic heterocycles. The van der Waals surface area contributed by atoms with Gasteiger partial charge in [0.1, 0.15) is 17.8 Å². The monoisotopic (exact) mass is 736 g/mol. The Bertz CT molecular complexity index is 1480. The lowest BCUT2D eigenvalue weighted by atomic mass is 9.51. The molecular weight excluding hydrogens is 684 g/mol. The zero-order chi connectivity index (χ0) is 38.9. The van der Waals surface area contributed by atoms with Gasteiger partial charge in [-0.15, -0.1) is 0 Å². The van der Waals surface area contributed by atoms with Crippen LogP contribution in [0.15, 0.2) is 23.8 Å². The molecule has 1 spiro atoms. The molecule has 1 saturated carbocycles. The first kappa shape index (κ1) is 40.9. The van der Waals surface area contributed by atoms with Crippen LogP contribution in [0, 0.1) is 29.1 Å². The van der Waals surface area contributed by atoms with E-state index in [4.69, 9.17) is 37.9 Å². The fourth-order valence-electron chi connectivity index (χ4n) is 7.96. The molecule has 15 nitrogen and oxygen atoms in total. The summed E-state index contributed by atoms with van der Waals surface area (Å²) in [6, 6.07) is 0. The summed E-state index contributed by atoms with van der Waals surface area (Å²) in [5.41, 5.74) is -5.51. The van der Waals surface area contributed by atoms with Gasteiger partial charge in [-0.2, -0.15) is 0 Å². The highest BCUT2D eigenvalue weighted by Gasteiger charge is 2.81. The minimum Gasteiger partial charge on any atom is -0.459 e. The zero-order valence-corrected chi connectivity index (χ0v) is 31.5. The van der Waals surface area contributed by atoms with Crippen LogP contribution in [-0.2, 0) is 66.7 Å². The number of esters is 6. The molecular formula is C37H52O15. The molecule has 0 aromatic carbocycles. The van der Waals surface area contributed by atoms with Crippen molar-refractivity contribution in [1.29, 1.82) is 0 Å². The summed E-state index contributed by atoms with van der Waals surface area (Å²) in [6.07, 6.45) is -4.84. The quantitative estimate of drug-likeness (QED) is 0.184. The Morgan fingerprint density at radius 2 is 1.40 bits per heavy atom. The number of carbonyl (C=O) groups is 6. The molecule has 2 heterocycles. The van der Waals surface area contributed by atoms with E-state index in [1.807, 2.05) is 0 Å². The highest BCUT2D eigenvalue weighted by molar-refractivity contribution is 5.78. The van der Waals surface area contributed by atoms with Crippen LogP contribution >= 0.6 is 0 Å². The highest BCUT2D eigenvalue weighted by atomic mass is 16.7. The van der Waals surface area contributed by atoms with Gasteiger partial charge in [0.2, 0.25) is 0 Å². The van der Waals surface area contributed by atoms with Gasteiger partial charge >= 0.3 is 35.8 Å². The van der Waals surface area contributed by atoms with Crippen molar-refractivity contribution in [2.45, 2.75) is 123 Å². The molecule has 52 heavy (non-hydrogen) atoms. The number of ether oxygens (including phenoxy) is 8. The van der Waals surface area contributed by atoms with Gasteiger partial charge in [-0.3, -0.25) is 28.8 Å². The normalized spacial score (nSPS) is 36.6. The van der Waals surface area contributed by atoms with E-state index < -0.39 is 101 Å². The van der Waals surface area contributed by atoms with Gasteiger partial charge < -0.3 is 43.0 Å². The second-order valence-electron chi connectivity index (χ2n) is 15.2. The number of epoxide rings is 1. The van der Waals surface area contributed by atoms with Crippen molar-refractivity contribution in [1.82, 2.24) is 0 Å². The standard InChI is InChI=1S/C37H52O15/c1-18(2)13-27(41)51-31-29(48-22(7)39)32(52-28(42)14-19(3)4)36(17-46-36)30-33(49-23(8)40)37(44)20(5)34(43)50-26(37)15-24(16-45-10)11-12-25(35(30,31)9)47-21(6)38/h11-12,15,18-20,25-26,29-33,44H,13-14,16-17H2,1-10H3. The number of hydrogen-bond acceptors (Lipinski definition) is 15. The lowest BCUT2D eigenvalue weighted by Gasteiger charge is -2.59. The van der Waals surface area contributed by atoms with E-state index in [1.54, 1.807) is 40.7 Å². The molecule has 4 rings (SSSR count). The van der Waals surface area contributed by atoms with Crippen molar-refractivity contribution in [3.63, 3.8) is 0 Å². The minimum absolute atomic E-state index is 0.0516. The van der Waals surface area contributed by atoms with Crippen LogP contribution in [0.5, 0.6) is 0 Å². The average Bonchev–Trinajstić information content (AvgIpc) is 3.76. The smallest absolute Gasteiger partial charge is 0.312 e. The maximum absolute atomic E-state index is 13.7. The van der Waals surface area contributed by atoms with Crippen LogP contribution in [0.25, 0.3) is 0 Å². The molecule has 290 valence electrons. The summed E-state index contributed by atoms with van der Waals surface area (Å²) >= 11 is 0. The Kier molecular flexibility index (Phi) is 12.3. The summed E-state index contributed by atoms with van der Waals surface area (Å²) in [4.78, 5) is 79.5. The van der Waals surface area contributed by atoms with Crippen LogP contribution in [-0.4, -0.2) is 109 Å². The van der Waals surface area contributed by atoms with Crippen molar-refractivity contribution in [2.75, 3.05) is 20.3 Å².